The number of carbonyl (C=O) groups is 1. The fourth-order valence-electron chi connectivity index (χ4n) is 1.52. The molecule has 0 atom stereocenters. The van der Waals surface area contributed by atoms with E-state index in [-0.39, 0.29) is 6.42 Å². The van der Waals surface area contributed by atoms with E-state index >= 15 is 0 Å². The van der Waals surface area contributed by atoms with Crippen LogP contribution in [0, 0.1) is 6.92 Å². The molecule has 1 aromatic carbocycles. The molecule has 6 heteroatoms. The SMILES string of the molecule is Cc1ccc(-n2nncc2CC(=O)O)c(Br)c1. The second-order valence-electron chi connectivity index (χ2n) is 3.66. The average molecular weight is 296 g/mol. The van der Waals surface area contributed by atoms with Gasteiger partial charge >= 0.3 is 5.97 Å². The Morgan fingerprint density at radius 1 is 1.53 bits per heavy atom. The Labute approximate surface area is 106 Å². The fourth-order valence-corrected chi connectivity index (χ4v) is 2.18. The molecular weight excluding hydrogens is 286 g/mol. The number of nitrogens with zero attached hydrogens (tertiary/aromatic N) is 3. The maximum atomic E-state index is 10.7. The molecule has 0 saturated heterocycles. The molecule has 0 aliphatic carbocycles. The van der Waals surface area contributed by atoms with Gasteiger partial charge in [0.1, 0.15) is 0 Å². The van der Waals surface area contributed by atoms with Gasteiger partial charge in [-0.2, -0.15) is 0 Å². The van der Waals surface area contributed by atoms with Crippen molar-refractivity contribution >= 4 is 21.9 Å². The maximum Gasteiger partial charge on any atom is 0.309 e. The van der Waals surface area contributed by atoms with Crippen molar-refractivity contribution in [3.8, 4) is 5.69 Å². The third-order valence-electron chi connectivity index (χ3n) is 2.28. The lowest BCUT2D eigenvalue weighted by atomic mass is 10.2. The molecule has 1 aromatic heterocycles. The molecular formula is C11H10BrN3O2. The lowest BCUT2D eigenvalue weighted by Crippen LogP contribution is -2.08. The molecule has 5 nitrogen and oxygen atoms in total. The van der Waals surface area contributed by atoms with Crippen LogP contribution in [-0.4, -0.2) is 26.1 Å². The fraction of sp³-hybridized carbons (Fsp3) is 0.182. The first kappa shape index (κ1) is 11.8. The van der Waals surface area contributed by atoms with E-state index in [0.717, 1.165) is 15.7 Å². The first-order valence-electron chi connectivity index (χ1n) is 4.96. The van der Waals surface area contributed by atoms with Crippen LogP contribution >= 0.6 is 15.9 Å². The van der Waals surface area contributed by atoms with E-state index in [1.807, 2.05) is 25.1 Å². The summed E-state index contributed by atoms with van der Waals surface area (Å²) in [5.41, 5.74) is 2.44. The summed E-state index contributed by atoms with van der Waals surface area (Å²) in [6.07, 6.45) is 1.35. The molecule has 0 spiro atoms. The first-order chi connectivity index (χ1) is 8.08. The lowest BCUT2D eigenvalue weighted by molar-refractivity contribution is -0.136. The Morgan fingerprint density at radius 3 is 2.94 bits per heavy atom. The molecule has 0 fully saturated rings. The molecule has 17 heavy (non-hydrogen) atoms. The van der Waals surface area contributed by atoms with Crippen molar-refractivity contribution in [1.82, 2.24) is 15.0 Å². The topological polar surface area (TPSA) is 68.0 Å². The Balaban J connectivity index is 2.46. The predicted octanol–water partition coefficient (Wildman–Crippen LogP) is 1.97. The van der Waals surface area contributed by atoms with E-state index in [1.54, 1.807) is 0 Å². The third kappa shape index (κ3) is 2.52. The highest BCUT2D eigenvalue weighted by Crippen LogP contribution is 2.22. The van der Waals surface area contributed by atoms with E-state index in [2.05, 4.69) is 26.2 Å². The molecule has 0 aliphatic heterocycles. The van der Waals surface area contributed by atoms with Gasteiger partial charge in [-0.3, -0.25) is 4.79 Å². The second kappa shape index (κ2) is 4.67. The van der Waals surface area contributed by atoms with Gasteiger partial charge in [0.25, 0.3) is 0 Å². The van der Waals surface area contributed by atoms with Crippen molar-refractivity contribution in [2.75, 3.05) is 0 Å². The van der Waals surface area contributed by atoms with E-state index in [0.29, 0.717) is 5.69 Å². The van der Waals surface area contributed by atoms with Crippen molar-refractivity contribution in [2.45, 2.75) is 13.3 Å². The van der Waals surface area contributed by atoms with Crippen molar-refractivity contribution < 1.29 is 9.90 Å². The molecule has 1 heterocycles. The molecule has 2 rings (SSSR count). The molecule has 2 aromatic rings. The molecule has 0 amide bonds. The van der Waals surface area contributed by atoms with Gasteiger partial charge < -0.3 is 5.11 Å². The van der Waals surface area contributed by atoms with Crippen LogP contribution in [0.25, 0.3) is 5.69 Å². The van der Waals surface area contributed by atoms with Crippen molar-refractivity contribution in [1.29, 1.82) is 0 Å². The van der Waals surface area contributed by atoms with Gasteiger partial charge in [-0.05, 0) is 40.5 Å². The number of hydrogen-bond donors (Lipinski definition) is 1. The molecule has 1 N–H and O–H groups in total. The summed E-state index contributed by atoms with van der Waals surface area (Å²) in [5.74, 6) is -0.906. The standard InChI is InChI=1S/C11H10BrN3O2/c1-7-2-3-10(9(12)4-7)15-8(5-11(16)17)6-13-14-15/h2-4,6H,5H2,1H3,(H,16,17). The van der Waals surface area contributed by atoms with Gasteiger partial charge in [-0.15, -0.1) is 5.10 Å². The Bertz CT molecular complexity index is 566. The van der Waals surface area contributed by atoms with Crippen LogP contribution in [0.5, 0.6) is 0 Å². The van der Waals surface area contributed by atoms with E-state index in [1.165, 1.54) is 10.9 Å². The summed E-state index contributed by atoms with van der Waals surface area (Å²) in [4.78, 5) is 10.7. The van der Waals surface area contributed by atoms with Gasteiger partial charge in [-0.1, -0.05) is 11.3 Å². The third-order valence-corrected chi connectivity index (χ3v) is 2.92. The van der Waals surface area contributed by atoms with E-state index < -0.39 is 5.97 Å². The van der Waals surface area contributed by atoms with Crippen molar-refractivity contribution in [2.24, 2.45) is 0 Å². The molecule has 0 saturated carbocycles. The van der Waals surface area contributed by atoms with Crippen LogP contribution in [0.4, 0.5) is 0 Å². The quantitative estimate of drug-likeness (QED) is 0.940. The Hall–Kier alpha value is -1.69. The highest BCUT2D eigenvalue weighted by atomic mass is 79.9. The number of carboxylic acid groups (broad SMARTS) is 1. The maximum absolute atomic E-state index is 10.7. The molecule has 0 aliphatic rings. The number of hydrogen-bond acceptors (Lipinski definition) is 3. The molecule has 0 radical (unpaired) electrons. The largest absolute Gasteiger partial charge is 0.481 e. The summed E-state index contributed by atoms with van der Waals surface area (Å²) in [5, 5.41) is 16.4. The zero-order valence-corrected chi connectivity index (χ0v) is 10.7. The number of rotatable bonds is 3. The predicted molar refractivity (Wildman–Crippen MR) is 65.1 cm³/mol. The zero-order chi connectivity index (χ0) is 12.4. The number of aromatic nitrogens is 3. The molecule has 0 bridgehead atoms. The van der Waals surface area contributed by atoms with Crippen LogP contribution < -0.4 is 0 Å². The lowest BCUT2D eigenvalue weighted by Gasteiger charge is -2.07. The second-order valence-corrected chi connectivity index (χ2v) is 4.52. The van der Waals surface area contributed by atoms with Gasteiger partial charge in [0.05, 0.1) is 24.0 Å². The Morgan fingerprint density at radius 2 is 2.29 bits per heavy atom. The van der Waals surface area contributed by atoms with Crippen LogP contribution in [0.1, 0.15) is 11.3 Å². The minimum Gasteiger partial charge on any atom is -0.481 e. The first-order valence-corrected chi connectivity index (χ1v) is 5.75. The Kier molecular flexibility index (Phi) is 3.23. The smallest absolute Gasteiger partial charge is 0.309 e. The molecule has 88 valence electrons. The zero-order valence-electron chi connectivity index (χ0n) is 9.09. The summed E-state index contributed by atoms with van der Waals surface area (Å²) in [7, 11) is 0. The van der Waals surface area contributed by atoms with Crippen LogP contribution in [0.15, 0.2) is 28.9 Å². The number of carboxylic acids is 1. The van der Waals surface area contributed by atoms with Crippen molar-refractivity contribution in [3.63, 3.8) is 0 Å². The van der Waals surface area contributed by atoms with Crippen LogP contribution in [0.2, 0.25) is 0 Å². The normalized spacial score (nSPS) is 10.5. The van der Waals surface area contributed by atoms with Gasteiger partial charge in [0, 0.05) is 4.47 Å². The highest BCUT2D eigenvalue weighted by molar-refractivity contribution is 9.10. The van der Waals surface area contributed by atoms with Gasteiger partial charge in [-0.25, -0.2) is 4.68 Å². The summed E-state index contributed by atoms with van der Waals surface area (Å²) >= 11 is 3.43. The van der Waals surface area contributed by atoms with Crippen molar-refractivity contribution in [3.05, 3.63) is 40.1 Å². The van der Waals surface area contributed by atoms with Gasteiger partial charge in [0.15, 0.2) is 0 Å². The number of aliphatic carboxylic acids is 1. The highest BCUT2D eigenvalue weighted by Gasteiger charge is 2.12. The minimum absolute atomic E-state index is 0.104. The van der Waals surface area contributed by atoms with Crippen LogP contribution in [0.3, 0.4) is 0 Å². The number of benzene rings is 1. The van der Waals surface area contributed by atoms with Gasteiger partial charge in [0.2, 0.25) is 0 Å². The minimum atomic E-state index is -0.906. The van der Waals surface area contributed by atoms with Crippen LogP contribution in [-0.2, 0) is 11.2 Å². The molecule has 0 unspecified atom stereocenters. The van der Waals surface area contributed by atoms with E-state index in [4.69, 9.17) is 5.11 Å². The average Bonchev–Trinajstić information content (AvgIpc) is 2.65. The summed E-state index contributed by atoms with van der Waals surface area (Å²) in [6.45, 7) is 1.98. The number of halogens is 1. The summed E-state index contributed by atoms with van der Waals surface area (Å²) < 4.78 is 2.38. The number of aryl methyl sites for hydroxylation is 1. The van der Waals surface area contributed by atoms with E-state index in [9.17, 15) is 4.79 Å². The summed E-state index contributed by atoms with van der Waals surface area (Å²) in [6, 6.07) is 5.76. The monoisotopic (exact) mass is 295 g/mol.